The van der Waals surface area contributed by atoms with Gasteiger partial charge in [0.1, 0.15) is 4.88 Å². The van der Waals surface area contributed by atoms with E-state index in [1.807, 2.05) is 37.3 Å². The quantitative estimate of drug-likeness (QED) is 0.665. The lowest BCUT2D eigenvalue weighted by Gasteiger charge is -2.08. The number of anilines is 2. The zero-order chi connectivity index (χ0) is 18.2. The second kappa shape index (κ2) is 9.22. The monoisotopic (exact) mass is 360 g/mol. The number of benzene rings is 1. The van der Waals surface area contributed by atoms with Crippen molar-refractivity contribution in [3.05, 3.63) is 45.6 Å². The predicted octanol–water partition coefficient (Wildman–Crippen LogP) is 5.22. The predicted molar refractivity (Wildman–Crippen MR) is 103 cm³/mol. The third kappa shape index (κ3) is 5.60. The first-order valence-electron chi connectivity index (χ1n) is 8.48. The van der Waals surface area contributed by atoms with Crippen molar-refractivity contribution in [2.24, 2.45) is 0 Å². The van der Waals surface area contributed by atoms with Gasteiger partial charge in [-0.3, -0.25) is 0 Å². The standard InChI is InChI=1S/C19H24N2O3S/c1-4-6-7-15-12-16(17(25-15)18(22)24-5-2)21-19(23)20-14-10-8-13(3)9-11-14/h8-12H,4-7H2,1-3H3,(H2,20,21,23). The summed E-state index contributed by atoms with van der Waals surface area (Å²) in [4.78, 5) is 25.9. The van der Waals surface area contributed by atoms with Gasteiger partial charge in [-0.1, -0.05) is 31.0 Å². The Balaban J connectivity index is 2.12. The third-order valence-electron chi connectivity index (χ3n) is 3.58. The van der Waals surface area contributed by atoms with Gasteiger partial charge in [0.15, 0.2) is 0 Å². The van der Waals surface area contributed by atoms with Gasteiger partial charge in [-0.15, -0.1) is 11.3 Å². The highest BCUT2D eigenvalue weighted by Gasteiger charge is 2.19. The van der Waals surface area contributed by atoms with Gasteiger partial charge in [0.25, 0.3) is 0 Å². The molecule has 0 aliphatic carbocycles. The maximum atomic E-state index is 12.3. The van der Waals surface area contributed by atoms with Crippen LogP contribution in [0.15, 0.2) is 30.3 Å². The largest absolute Gasteiger partial charge is 0.462 e. The number of rotatable bonds is 7. The zero-order valence-corrected chi connectivity index (χ0v) is 15.7. The smallest absolute Gasteiger partial charge is 0.350 e. The normalized spacial score (nSPS) is 10.4. The fraction of sp³-hybridized carbons (Fsp3) is 0.368. The minimum absolute atomic E-state index is 0.302. The first kappa shape index (κ1) is 19.0. The molecule has 6 heteroatoms. The molecule has 1 aromatic carbocycles. The molecule has 2 aromatic rings. The number of unbranched alkanes of at least 4 members (excludes halogenated alkanes) is 1. The van der Waals surface area contributed by atoms with Gasteiger partial charge in [-0.25, -0.2) is 9.59 Å². The van der Waals surface area contributed by atoms with Crippen molar-refractivity contribution in [1.82, 2.24) is 0 Å². The van der Waals surface area contributed by atoms with Gasteiger partial charge in [0.05, 0.1) is 12.3 Å². The average molecular weight is 360 g/mol. The summed E-state index contributed by atoms with van der Waals surface area (Å²) in [6.07, 6.45) is 3.00. The highest BCUT2D eigenvalue weighted by atomic mass is 32.1. The van der Waals surface area contributed by atoms with Crippen molar-refractivity contribution in [2.45, 2.75) is 40.0 Å². The van der Waals surface area contributed by atoms with Crippen LogP contribution in [0, 0.1) is 6.92 Å². The second-order valence-electron chi connectivity index (χ2n) is 5.72. The first-order chi connectivity index (χ1) is 12.0. The van der Waals surface area contributed by atoms with Crippen molar-refractivity contribution < 1.29 is 14.3 Å². The van der Waals surface area contributed by atoms with Crippen LogP contribution in [0.25, 0.3) is 0 Å². The second-order valence-corrected chi connectivity index (χ2v) is 6.86. The molecule has 0 fully saturated rings. The Bertz CT molecular complexity index is 723. The molecule has 5 nitrogen and oxygen atoms in total. The lowest BCUT2D eigenvalue weighted by Crippen LogP contribution is -2.20. The molecule has 0 atom stereocenters. The summed E-state index contributed by atoms with van der Waals surface area (Å²) in [5, 5.41) is 5.54. The highest BCUT2D eigenvalue weighted by Crippen LogP contribution is 2.29. The Labute approximate surface area is 152 Å². The number of ether oxygens (including phenoxy) is 1. The van der Waals surface area contributed by atoms with Crippen LogP contribution in [-0.4, -0.2) is 18.6 Å². The van der Waals surface area contributed by atoms with Gasteiger partial charge in [0.2, 0.25) is 0 Å². The fourth-order valence-electron chi connectivity index (χ4n) is 2.28. The maximum absolute atomic E-state index is 12.3. The molecule has 134 valence electrons. The molecule has 0 saturated carbocycles. The summed E-state index contributed by atoms with van der Waals surface area (Å²) in [6, 6.07) is 9.00. The summed E-state index contributed by atoms with van der Waals surface area (Å²) >= 11 is 1.38. The van der Waals surface area contributed by atoms with Crippen molar-refractivity contribution >= 4 is 34.7 Å². The molecule has 0 radical (unpaired) electrons. The van der Waals surface area contributed by atoms with Crippen LogP contribution in [-0.2, 0) is 11.2 Å². The van der Waals surface area contributed by atoms with Crippen molar-refractivity contribution in [2.75, 3.05) is 17.2 Å². The van der Waals surface area contributed by atoms with E-state index in [2.05, 4.69) is 17.6 Å². The number of hydrogen-bond acceptors (Lipinski definition) is 4. The van der Waals surface area contributed by atoms with Gasteiger partial charge in [-0.05, 0) is 44.9 Å². The van der Waals surface area contributed by atoms with E-state index in [-0.39, 0.29) is 6.03 Å². The van der Waals surface area contributed by atoms with E-state index in [4.69, 9.17) is 4.74 Å². The van der Waals surface area contributed by atoms with Gasteiger partial charge in [-0.2, -0.15) is 0 Å². The third-order valence-corrected chi connectivity index (χ3v) is 4.75. The van der Waals surface area contributed by atoms with Crippen LogP contribution in [0.2, 0.25) is 0 Å². The Hall–Kier alpha value is -2.34. The number of nitrogens with one attached hydrogen (secondary N) is 2. The molecule has 2 rings (SSSR count). The number of amides is 2. The van der Waals surface area contributed by atoms with Crippen LogP contribution < -0.4 is 10.6 Å². The summed E-state index contributed by atoms with van der Waals surface area (Å²) in [5.41, 5.74) is 2.32. The lowest BCUT2D eigenvalue weighted by molar-refractivity contribution is 0.0533. The van der Waals surface area contributed by atoms with E-state index >= 15 is 0 Å². The molecule has 0 saturated heterocycles. The molecule has 2 amide bonds. The number of urea groups is 1. The van der Waals surface area contributed by atoms with Gasteiger partial charge >= 0.3 is 12.0 Å². The molecule has 0 aliphatic rings. The van der Waals surface area contributed by atoms with Crippen LogP contribution in [0.4, 0.5) is 16.2 Å². The van der Waals surface area contributed by atoms with Crippen molar-refractivity contribution in [1.29, 1.82) is 0 Å². The summed E-state index contributed by atoms with van der Waals surface area (Å²) in [6.45, 7) is 6.17. The minimum atomic E-state index is -0.402. The molecule has 2 N–H and O–H groups in total. The van der Waals surface area contributed by atoms with Crippen LogP contribution in [0.3, 0.4) is 0 Å². The van der Waals surface area contributed by atoms with Crippen LogP contribution in [0.5, 0.6) is 0 Å². The van der Waals surface area contributed by atoms with Gasteiger partial charge < -0.3 is 15.4 Å². The van der Waals surface area contributed by atoms with E-state index in [0.717, 1.165) is 29.7 Å². The van der Waals surface area contributed by atoms with Gasteiger partial charge in [0, 0.05) is 10.6 Å². The number of aryl methyl sites for hydroxylation is 2. The fourth-order valence-corrected chi connectivity index (χ4v) is 3.33. The molecule has 0 spiro atoms. The lowest BCUT2D eigenvalue weighted by atomic mass is 10.2. The molecular weight excluding hydrogens is 336 g/mol. The van der Waals surface area contributed by atoms with E-state index in [1.165, 1.54) is 11.3 Å². The number of hydrogen-bond donors (Lipinski definition) is 2. The molecule has 0 bridgehead atoms. The van der Waals surface area contributed by atoms with E-state index < -0.39 is 5.97 Å². The molecule has 0 unspecified atom stereocenters. The van der Waals surface area contributed by atoms with Crippen LogP contribution in [0.1, 0.15) is 46.8 Å². The summed E-state index contributed by atoms with van der Waals surface area (Å²) < 4.78 is 5.10. The Morgan fingerprint density at radius 2 is 1.84 bits per heavy atom. The number of thiophene rings is 1. The topological polar surface area (TPSA) is 67.4 Å². The molecule has 0 aliphatic heterocycles. The first-order valence-corrected chi connectivity index (χ1v) is 9.29. The maximum Gasteiger partial charge on any atom is 0.350 e. The molecular formula is C19H24N2O3S. The minimum Gasteiger partial charge on any atom is -0.462 e. The van der Waals surface area contributed by atoms with E-state index in [1.54, 1.807) is 6.92 Å². The Morgan fingerprint density at radius 3 is 2.48 bits per heavy atom. The summed E-state index contributed by atoms with van der Waals surface area (Å²) in [7, 11) is 0. The molecule has 25 heavy (non-hydrogen) atoms. The SMILES string of the molecule is CCCCc1cc(NC(=O)Nc2ccc(C)cc2)c(C(=O)OCC)s1. The molecule has 1 heterocycles. The Morgan fingerprint density at radius 1 is 1.12 bits per heavy atom. The molecule has 1 aromatic heterocycles. The van der Waals surface area contributed by atoms with E-state index in [0.29, 0.717) is 22.9 Å². The summed E-state index contributed by atoms with van der Waals surface area (Å²) in [5.74, 6) is -0.402. The zero-order valence-electron chi connectivity index (χ0n) is 14.8. The number of esters is 1. The number of carbonyl (C=O) groups excluding carboxylic acids is 2. The number of carbonyl (C=O) groups is 2. The average Bonchev–Trinajstić information content (AvgIpc) is 2.98. The Kier molecular flexibility index (Phi) is 7.01. The van der Waals surface area contributed by atoms with Crippen molar-refractivity contribution in [3.63, 3.8) is 0 Å². The highest BCUT2D eigenvalue weighted by molar-refractivity contribution is 7.14. The van der Waals surface area contributed by atoms with Crippen molar-refractivity contribution in [3.8, 4) is 0 Å². The van der Waals surface area contributed by atoms with E-state index in [9.17, 15) is 9.59 Å². The van der Waals surface area contributed by atoms with Crippen LogP contribution >= 0.6 is 11.3 Å².